The molecule has 0 bridgehead atoms. The van der Waals surface area contributed by atoms with E-state index in [0.717, 1.165) is 34.7 Å². The highest BCUT2D eigenvalue weighted by molar-refractivity contribution is 14.1. The maximum absolute atomic E-state index is 13.0. The molecule has 3 heteroatoms. The number of benzene rings is 1. The Morgan fingerprint density at radius 3 is 2.47 bits per heavy atom. The SMILES string of the molecule is CC1CCC(OC(CI)c2ccc(F)cc2)CC1C. The molecule has 2 rings (SSSR count). The first-order chi connectivity index (χ1) is 9.10. The lowest BCUT2D eigenvalue weighted by atomic mass is 9.80. The average molecular weight is 376 g/mol. The van der Waals surface area contributed by atoms with Gasteiger partial charge in [0.2, 0.25) is 0 Å². The van der Waals surface area contributed by atoms with Crippen molar-refractivity contribution in [2.75, 3.05) is 4.43 Å². The van der Waals surface area contributed by atoms with Crippen molar-refractivity contribution in [3.63, 3.8) is 0 Å². The molecule has 0 radical (unpaired) electrons. The van der Waals surface area contributed by atoms with Gasteiger partial charge in [-0.25, -0.2) is 4.39 Å². The number of hydrogen-bond acceptors (Lipinski definition) is 1. The van der Waals surface area contributed by atoms with Crippen molar-refractivity contribution in [2.24, 2.45) is 11.8 Å². The number of rotatable bonds is 4. The van der Waals surface area contributed by atoms with E-state index in [9.17, 15) is 4.39 Å². The highest BCUT2D eigenvalue weighted by atomic mass is 127. The van der Waals surface area contributed by atoms with Gasteiger partial charge in [-0.3, -0.25) is 0 Å². The summed E-state index contributed by atoms with van der Waals surface area (Å²) in [6, 6.07) is 6.72. The lowest BCUT2D eigenvalue weighted by Crippen LogP contribution is -2.28. The van der Waals surface area contributed by atoms with Crippen LogP contribution in [0.25, 0.3) is 0 Å². The third kappa shape index (κ3) is 4.15. The molecule has 1 saturated carbocycles. The monoisotopic (exact) mass is 376 g/mol. The molecule has 1 aliphatic carbocycles. The Morgan fingerprint density at radius 2 is 1.89 bits per heavy atom. The molecule has 0 N–H and O–H groups in total. The predicted molar refractivity (Wildman–Crippen MR) is 85.1 cm³/mol. The molecule has 1 aromatic carbocycles. The Labute approximate surface area is 129 Å². The van der Waals surface area contributed by atoms with Crippen molar-refractivity contribution >= 4 is 22.6 Å². The van der Waals surface area contributed by atoms with Crippen molar-refractivity contribution in [1.82, 2.24) is 0 Å². The van der Waals surface area contributed by atoms with Crippen LogP contribution in [0.2, 0.25) is 0 Å². The molecular formula is C16H22FIO. The maximum Gasteiger partial charge on any atom is 0.123 e. The summed E-state index contributed by atoms with van der Waals surface area (Å²) in [7, 11) is 0. The predicted octanol–water partition coefficient (Wildman–Crippen LogP) is 5.14. The molecule has 1 fully saturated rings. The van der Waals surface area contributed by atoms with Crippen molar-refractivity contribution in [2.45, 2.75) is 45.3 Å². The van der Waals surface area contributed by atoms with Crippen LogP contribution in [-0.4, -0.2) is 10.5 Å². The Hall–Kier alpha value is -0.160. The summed E-state index contributed by atoms with van der Waals surface area (Å²) >= 11 is 2.35. The molecule has 4 atom stereocenters. The van der Waals surface area contributed by atoms with Gasteiger partial charge < -0.3 is 4.74 Å². The number of ether oxygens (including phenoxy) is 1. The number of alkyl halides is 1. The molecule has 0 aliphatic heterocycles. The summed E-state index contributed by atoms with van der Waals surface area (Å²) in [5, 5.41) is 0. The van der Waals surface area contributed by atoms with E-state index in [4.69, 9.17) is 4.74 Å². The van der Waals surface area contributed by atoms with Gasteiger partial charge in [-0.2, -0.15) is 0 Å². The molecule has 1 aliphatic rings. The molecule has 106 valence electrons. The largest absolute Gasteiger partial charge is 0.369 e. The lowest BCUT2D eigenvalue weighted by Gasteiger charge is -2.34. The summed E-state index contributed by atoms with van der Waals surface area (Å²) in [6.07, 6.45) is 4.00. The fraction of sp³-hybridized carbons (Fsp3) is 0.625. The molecule has 1 nitrogen and oxygen atoms in total. The summed E-state index contributed by atoms with van der Waals surface area (Å²) in [5.74, 6) is 1.36. The smallest absolute Gasteiger partial charge is 0.123 e. The van der Waals surface area contributed by atoms with Gasteiger partial charge in [0.05, 0.1) is 12.2 Å². The van der Waals surface area contributed by atoms with E-state index in [-0.39, 0.29) is 11.9 Å². The van der Waals surface area contributed by atoms with E-state index in [1.165, 1.54) is 18.6 Å². The standard InChI is InChI=1S/C16H22FIO/c1-11-3-8-15(9-12(11)2)19-16(10-18)13-4-6-14(17)7-5-13/h4-7,11-12,15-16H,3,8-10H2,1-2H3. The van der Waals surface area contributed by atoms with Crippen molar-refractivity contribution in [3.05, 3.63) is 35.6 Å². The number of halogens is 2. The van der Waals surface area contributed by atoms with E-state index in [1.807, 2.05) is 12.1 Å². The van der Waals surface area contributed by atoms with E-state index in [0.29, 0.717) is 6.10 Å². The van der Waals surface area contributed by atoms with Crippen LogP contribution in [0.4, 0.5) is 4.39 Å². The zero-order valence-electron chi connectivity index (χ0n) is 11.6. The fourth-order valence-corrected chi connectivity index (χ4v) is 3.45. The van der Waals surface area contributed by atoms with Gasteiger partial charge in [0.25, 0.3) is 0 Å². The van der Waals surface area contributed by atoms with E-state index >= 15 is 0 Å². The van der Waals surface area contributed by atoms with Crippen molar-refractivity contribution in [1.29, 1.82) is 0 Å². The average Bonchev–Trinajstić information content (AvgIpc) is 2.41. The zero-order chi connectivity index (χ0) is 13.8. The van der Waals surface area contributed by atoms with Crippen LogP contribution < -0.4 is 0 Å². The van der Waals surface area contributed by atoms with Gasteiger partial charge >= 0.3 is 0 Å². The lowest BCUT2D eigenvalue weighted by molar-refractivity contribution is -0.0377. The van der Waals surface area contributed by atoms with Crippen LogP contribution in [0.5, 0.6) is 0 Å². The molecular weight excluding hydrogens is 354 g/mol. The third-order valence-corrected chi connectivity index (χ3v) is 5.09. The Kier molecular flexibility index (Phi) is 5.63. The second-order valence-electron chi connectivity index (χ2n) is 5.72. The minimum Gasteiger partial charge on any atom is -0.369 e. The molecule has 0 aromatic heterocycles. The molecule has 0 amide bonds. The molecule has 0 heterocycles. The van der Waals surface area contributed by atoms with Gasteiger partial charge in [-0.15, -0.1) is 0 Å². The fourth-order valence-electron chi connectivity index (χ4n) is 2.74. The first-order valence-electron chi connectivity index (χ1n) is 7.07. The first-order valence-corrected chi connectivity index (χ1v) is 8.59. The number of hydrogen-bond donors (Lipinski definition) is 0. The third-order valence-electron chi connectivity index (χ3n) is 4.29. The quantitative estimate of drug-likeness (QED) is 0.522. The van der Waals surface area contributed by atoms with Gasteiger partial charge in [0, 0.05) is 4.43 Å². The highest BCUT2D eigenvalue weighted by Crippen LogP contribution is 2.34. The van der Waals surface area contributed by atoms with Crippen LogP contribution in [0.3, 0.4) is 0 Å². The van der Waals surface area contributed by atoms with E-state index in [1.54, 1.807) is 0 Å². The summed E-state index contributed by atoms with van der Waals surface area (Å²) in [4.78, 5) is 0. The molecule has 19 heavy (non-hydrogen) atoms. The second-order valence-corrected chi connectivity index (χ2v) is 6.60. The molecule has 1 aromatic rings. The molecule has 4 unspecified atom stereocenters. The molecule has 0 spiro atoms. The van der Waals surface area contributed by atoms with Crippen molar-refractivity contribution in [3.8, 4) is 0 Å². The second kappa shape index (κ2) is 7.02. The van der Waals surface area contributed by atoms with Crippen LogP contribution in [0.1, 0.15) is 44.8 Å². The van der Waals surface area contributed by atoms with Gasteiger partial charge in [-0.05, 0) is 48.8 Å². The van der Waals surface area contributed by atoms with Gasteiger partial charge in [0.15, 0.2) is 0 Å². The highest BCUT2D eigenvalue weighted by Gasteiger charge is 2.27. The normalized spacial score (nSPS) is 29.2. The molecule has 0 saturated heterocycles. The summed E-state index contributed by atoms with van der Waals surface area (Å²) < 4.78 is 20.1. The van der Waals surface area contributed by atoms with Crippen LogP contribution in [0, 0.1) is 17.7 Å². The Balaban J connectivity index is 1.97. The summed E-state index contributed by atoms with van der Waals surface area (Å²) in [5.41, 5.74) is 1.09. The first kappa shape index (κ1) is 15.2. The Morgan fingerprint density at radius 1 is 1.21 bits per heavy atom. The van der Waals surface area contributed by atoms with Crippen LogP contribution >= 0.6 is 22.6 Å². The van der Waals surface area contributed by atoms with E-state index in [2.05, 4.69) is 36.4 Å². The van der Waals surface area contributed by atoms with Crippen LogP contribution in [-0.2, 0) is 4.74 Å². The zero-order valence-corrected chi connectivity index (χ0v) is 13.8. The van der Waals surface area contributed by atoms with Crippen LogP contribution in [0.15, 0.2) is 24.3 Å². The Bertz CT molecular complexity index is 392. The maximum atomic E-state index is 13.0. The van der Waals surface area contributed by atoms with Crippen molar-refractivity contribution < 1.29 is 9.13 Å². The van der Waals surface area contributed by atoms with Gasteiger partial charge in [-0.1, -0.05) is 48.6 Å². The summed E-state index contributed by atoms with van der Waals surface area (Å²) in [6.45, 7) is 4.65. The van der Waals surface area contributed by atoms with E-state index < -0.39 is 0 Å². The minimum atomic E-state index is -0.184. The van der Waals surface area contributed by atoms with Gasteiger partial charge in [0.1, 0.15) is 5.82 Å². The topological polar surface area (TPSA) is 9.23 Å². The minimum absolute atomic E-state index is 0.0896.